The third-order valence-electron chi connectivity index (χ3n) is 17.7. The zero-order valence-corrected chi connectivity index (χ0v) is 41.6. The molecule has 0 bridgehead atoms. The van der Waals surface area contributed by atoms with Crippen LogP contribution in [0.2, 0.25) is 0 Å². The highest BCUT2D eigenvalue weighted by Crippen LogP contribution is 2.54. The van der Waals surface area contributed by atoms with Crippen LogP contribution in [0.1, 0.15) is 51.7 Å². The molecule has 0 fully saturated rings. The van der Waals surface area contributed by atoms with Crippen LogP contribution < -0.4 is 21.3 Å². The first-order valence-corrected chi connectivity index (χ1v) is 26.2. The summed E-state index contributed by atoms with van der Waals surface area (Å²) in [6, 6.07) is 80.1. The third kappa shape index (κ3) is 5.03. The fraction of sp³-hybridized carbons (Fsp3) is 0.0857. The molecule has 74 heavy (non-hydrogen) atoms. The molecule has 0 amide bonds. The largest absolute Gasteiger partial charge is 0.311 e. The molecule has 4 heteroatoms. The fourth-order valence-corrected chi connectivity index (χ4v) is 14.5. The molecule has 11 aromatic carbocycles. The van der Waals surface area contributed by atoms with Gasteiger partial charge < -0.3 is 14.0 Å². The average molecular weight is 943 g/mol. The molecule has 4 aliphatic rings. The molecule has 17 rings (SSSR count). The molecule has 0 radical (unpaired) electrons. The van der Waals surface area contributed by atoms with Gasteiger partial charge in [-0.05, 0) is 155 Å². The Balaban J connectivity index is 1.08. The van der Waals surface area contributed by atoms with Gasteiger partial charge in [-0.3, -0.25) is 0 Å². The van der Waals surface area contributed by atoms with Crippen LogP contribution in [0.15, 0.2) is 212 Å². The molecule has 2 aliphatic heterocycles. The Morgan fingerprint density at radius 3 is 1.92 bits per heavy atom. The summed E-state index contributed by atoms with van der Waals surface area (Å²) in [5.41, 5.74) is 28.1. The van der Waals surface area contributed by atoms with E-state index < -0.39 is 5.89 Å². The van der Waals surface area contributed by atoms with Crippen molar-refractivity contribution in [2.75, 3.05) is 4.90 Å². The predicted molar refractivity (Wildman–Crippen MR) is 313 cm³/mol. The number of fused-ring (bicyclic) bond motifs is 14. The molecule has 3 nitrogen and oxygen atoms in total. The topological polar surface area (TPSA) is 13.1 Å². The number of aromatic nitrogens is 2. The van der Waals surface area contributed by atoms with Gasteiger partial charge in [0, 0.05) is 56.6 Å². The van der Waals surface area contributed by atoms with Crippen molar-refractivity contribution in [2.24, 2.45) is 0 Å². The zero-order valence-electron chi connectivity index (χ0n) is 42.6. The van der Waals surface area contributed by atoms with Gasteiger partial charge in [0.2, 0.25) is 0 Å². The Morgan fingerprint density at radius 2 is 1.12 bits per heavy atom. The number of rotatable bonds is 4. The van der Waals surface area contributed by atoms with E-state index in [2.05, 4.69) is 240 Å². The van der Waals surface area contributed by atoms with Crippen molar-refractivity contribution < 1.29 is 1.37 Å². The Hall–Kier alpha value is -8.86. The standard InChI is InChI=1S/C70H48BN3/c1-40(2)43-30-33-58-56(36-43)71-67-61(72(58)45-20-9-6-10-21-45)37-46(73-59-28-16-26-50-48-23-12-11-22-47(48)49-25-15-19-42-29-34-60(73)66(63(42)49)65(50)59)38-62(67)74-57-32-31-44(41-17-7-5-8-18-41)35-52(57)53-39-55-64(68(71)69(53)74)51-24-13-14-27-54(51)70(55,3)4/h5-40H,1-4H3/i40D. The Kier molecular flexibility index (Phi) is 7.63. The number of hydrogen-bond acceptors (Lipinski definition) is 1. The van der Waals surface area contributed by atoms with Gasteiger partial charge in [0.1, 0.15) is 0 Å². The number of nitrogens with zero attached hydrogens (tertiary/aromatic N) is 3. The van der Waals surface area contributed by atoms with Crippen molar-refractivity contribution in [1.82, 2.24) is 9.13 Å². The number of hydrogen-bond donors (Lipinski definition) is 0. The maximum atomic E-state index is 9.54. The van der Waals surface area contributed by atoms with Crippen molar-refractivity contribution >= 4 is 94.5 Å². The van der Waals surface area contributed by atoms with Crippen molar-refractivity contribution in [3.63, 3.8) is 0 Å². The van der Waals surface area contributed by atoms with Gasteiger partial charge in [-0.2, -0.15) is 0 Å². The average Bonchev–Trinajstić information content (AvgIpc) is 4.15. The van der Waals surface area contributed by atoms with Crippen LogP contribution in [-0.2, 0) is 5.41 Å². The second kappa shape index (κ2) is 14.2. The molecule has 13 aromatic rings. The molecule has 0 saturated heterocycles. The highest BCUT2D eigenvalue weighted by molar-refractivity contribution is 7.01. The lowest BCUT2D eigenvalue weighted by molar-refractivity contribution is 0.661. The summed E-state index contributed by atoms with van der Waals surface area (Å²) in [5, 5.41) is 7.68. The van der Waals surface area contributed by atoms with E-state index in [-0.39, 0.29) is 12.1 Å². The minimum atomic E-state index is -0.817. The van der Waals surface area contributed by atoms with Crippen LogP contribution in [0.25, 0.3) is 110 Å². The lowest BCUT2D eigenvalue weighted by Gasteiger charge is -2.41. The number of para-hydroxylation sites is 1. The van der Waals surface area contributed by atoms with Gasteiger partial charge in [0.15, 0.2) is 0 Å². The first kappa shape index (κ1) is 39.7. The second-order valence-corrected chi connectivity index (χ2v) is 21.9. The van der Waals surface area contributed by atoms with Crippen LogP contribution in [0.3, 0.4) is 0 Å². The summed E-state index contributed by atoms with van der Waals surface area (Å²) in [7, 11) is 0. The maximum Gasteiger partial charge on any atom is 0.253 e. The van der Waals surface area contributed by atoms with Crippen LogP contribution >= 0.6 is 0 Å². The normalized spacial score (nSPS) is 14.5. The molecule has 0 spiro atoms. The predicted octanol–water partition coefficient (Wildman–Crippen LogP) is 16.4. The summed E-state index contributed by atoms with van der Waals surface area (Å²) in [6.45, 7) is 8.75. The molecule has 4 heterocycles. The van der Waals surface area contributed by atoms with Crippen LogP contribution in [0.5, 0.6) is 0 Å². The number of anilines is 3. The SMILES string of the molecule is [2H]C(C)(C)c1ccc2c(c1)B1c3c(cc(-n4c5cccc6c5c5c7c(cccc7ccc54)-c4ccccc4-6)cc3-n3c4ccc(-c5ccccc5)cc4c4cc5c(c1c43)-c1ccccc1C5(C)C)N2c1ccccc1. The highest BCUT2D eigenvalue weighted by atomic mass is 15.2. The van der Waals surface area contributed by atoms with Crippen molar-refractivity contribution in [3.8, 4) is 55.9 Å². The van der Waals surface area contributed by atoms with E-state index in [1.54, 1.807) is 0 Å². The first-order chi connectivity index (χ1) is 36.6. The smallest absolute Gasteiger partial charge is 0.253 e. The lowest BCUT2D eigenvalue weighted by Crippen LogP contribution is -2.61. The summed E-state index contributed by atoms with van der Waals surface area (Å²) in [4.78, 5) is 2.53. The van der Waals surface area contributed by atoms with Gasteiger partial charge in [-0.25, -0.2) is 0 Å². The van der Waals surface area contributed by atoms with Gasteiger partial charge in [0.25, 0.3) is 6.71 Å². The molecule has 346 valence electrons. The molecular weight excluding hydrogens is 894 g/mol. The summed E-state index contributed by atoms with van der Waals surface area (Å²) >= 11 is 0. The molecule has 0 saturated carbocycles. The van der Waals surface area contributed by atoms with Crippen LogP contribution in [0.4, 0.5) is 17.1 Å². The maximum absolute atomic E-state index is 9.54. The summed E-state index contributed by atoms with van der Waals surface area (Å²) in [5.74, 6) is -0.817. The van der Waals surface area contributed by atoms with Gasteiger partial charge >= 0.3 is 0 Å². The van der Waals surface area contributed by atoms with Gasteiger partial charge in [-0.1, -0.05) is 179 Å². The summed E-state index contributed by atoms with van der Waals surface area (Å²) in [6.07, 6.45) is 0. The Labute approximate surface area is 431 Å². The van der Waals surface area contributed by atoms with E-state index in [0.717, 1.165) is 22.6 Å². The van der Waals surface area contributed by atoms with Crippen molar-refractivity contribution in [2.45, 2.75) is 39.0 Å². The highest BCUT2D eigenvalue weighted by Gasteiger charge is 2.48. The minimum absolute atomic E-state index is 0.149. The van der Waals surface area contributed by atoms with E-state index in [9.17, 15) is 1.37 Å². The van der Waals surface area contributed by atoms with E-state index in [1.807, 2.05) is 13.8 Å². The molecule has 0 atom stereocenters. The molecule has 2 aliphatic carbocycles. The summed E-state index contributed by atoms with van der Waals surface area (Å²) < 4.78 is 14.8. The monoisotopic (exact) mass is 942 g/mol. The zero-order chi connectivity index (χ0) is 49.8. The fourth-order valence-electron chi connectivity index (χ4n) is 14.5. The van der Waals surface area contributed by atoms with Crippen LogP contribution in [-0.4, -0.2) is 15.8 Å². The van der Waals surface area contributed by atoms with E-state index >= 15 is 0 Å². The van der Waals surface area contributed by atoms with Crippen molar-refractivity contribution in [3.05, 3.63) is 229 Å². The van der Waals surface area contributed by atoms with E-state index in [4.69, 9.17) is 0 Å². The van der Waals surface area contributed by atoms with E-state index in [1.165, 1.54) is 138 Å². The van der Waals surface area contributed by atoms with Crippen LogP contribution in [0, 0.1) is 0 Å². The number of benzene rings is 11. The lowest BCUT2D eigenvalue weighted by atomic mass is 9.32. The van der Waals surface area contributed by atoms with E-state index in [0.29, 0.717) is 0 Å². The van der Waals surface area contributed by atoms with Gasteiger partial charge in [0.05, 0.1) is 22.2 Å². The third-order valence-corrected chi connectivity index (χ3v) is 17.7. The quantitative estimate of drug-likeness (QED) is 0.160. The van der Waals surface area contributed by atoms with Gasteiger partial charge in [-0.15, -0.1) is 0 Å². The molecular formula is C70H48BN3. The Morgan fingerprint density at radius 1 is 0.446 bits per heavy atom. The minimum Gasteiger partial charge on any atom is -0.311 e. The first-order valence-electron chi connectivity index (χ1n) is 26.7. The molecule has 2 aromatic heterocycles. The molecule has 0 N–H and O–H groups in total. The van der Waals surface area contributed by atoms with Crippen molar-refractivity contribution in [1.29, 1.82) is 0 Å². The Bertz CT molecular complexity index is 4720. The second-order valence-electron chi connectivity index (χ2n) is 21.9. The molecule has 0 unspecified atom stereocenters.